The lowest BCUT2D eigenvalue weighted by Gasteiger charge is -2.20. The number of hydrogen-bond donors (Lipinski definition) is 0. The van der Waals surface area contributed by atoms with Gasteiger partial charge in [0.15, 0.2) is 5.78 Å². The summed E-state index contributed by atoms with van der Waals surface area (Å²) in [6, 6.07) is 9.55. The lowest BCUT2D eigenvalue weighted by molar-refractivity contribution is 0.0941. The van der Waals surface area contributed by atoms with Crippen molar-refractivity contribution in [2.45, 2.75) is 0 Å². The predicted molar refractivity (Wildman–Crippen MR) is 134 cm³/mol. The summed E-state index contributed by atoms with van der Waals surface area (Å²) < 4.78 is 6.92. The molecule has 0 saturated heterocycles. The van der Waals surface area contributed by atoms with Gasteiger partial charge in [-0.25, -0.2) is 4.98 Å². The maximum Gasteiger partial charge on any atom is 0.224 e. The number of ether oxygens (including phenoxy) is 1. The van der Waals surface area contributed by atoms with E-state index in [0.29, 0.717) is 22.9 Å². The van der Waals surface area contributed by atoms with Gasteiger partial charge in [0.1, 0.15) is 8.64 Å². The molecule has 0 radical (unpaired) electrons. The molecule has 156 valence electrons. The Morgan fingerprint density at radius 2 is 1.62 bits per heavy atom. The van der Waals surface area contributed by atoms with Crippen LogP contribution in [0.5, 0.6) is 5.88 Å². The topological polar surface area (TPSA) is 45.7 Å². The van der Waals surface area contributed by atoms with Crippen molar-refractivity contribution in [3.63, 3.8) is 0 Å². The van der Waals surface area contributed by atoms with Gasteiger partial charge < -0.3 is 14.5 Å². The Morgan fingerprint density at radius 3 is 2.14 bits per heavy atom. The highest BCUT2D eigenvalue weighted by atomic mass is 32.2. The van der Waals surface area contributed by atoms with Crippen molar-refractivity contribution >= 4 is 73.3 Å². The summed E-state index contributed by atoms with van der Waals surface area (Å²) in [6.45, 7) is 0. The molecule has 1 heterocycles. The number of para-hydroxylation sites is 1. The fourth-order valence-corrected chi connectivity index (χ4v) is 4.75. The Kier molecular flexibility index (Phi) is 9.13. The van der Waals surface area contributed by atoms with Gasteiger partial charge in [0.2, 0.25) is 5.88 Å². The molecule has 2 aromatic rings. The highest BCUT2D eigenvalue weighted by Crippen LogP contribution is 2.28. The zero-order valence-electron chi connectivity index (χ0n) is 17.2. The molecule has 2 rings (SSSR count). The van der Waals surface area contributed by atoms with Gasteiger partial charge in [-0.3, -0.25) is 4.79 Å². The van der Waals surface area contributed by atoms with Crippen molar-refractivity contribution < 1.29 is 9.53 Å². The van der Waals surface area contributed by atoms with Gasteiger partial charge in [-0.15, -0.1) is 0 Å². The molecule has 1 aromatic carbocycles. The quantitative estimate of drug-likeness (QED) is 0.440. The minimum atomic E-state index is -0.280. The van der Waals surface area contributed by atoms with Gasteiger partial charge in [-0.1, -0.05) is 66.2 Å². The lowest BCUT2D eigenvalue weighted by atomic mass is 10.00. The molecule has 0 N–H and O–H groups in total. The molecule has 5 nitrogen and oxygen atoms in total. The summed E-state index contributed by atoms with van der Waals surface area (Å²) in [6.07, 6.45) is 0. The van der Waals surface area contributed by atoms with Gasteiger partial charge in [-0.05, 0) is 12.1 Å². The van der Waals surface area contributed by atoms with E-state index in [4.69, 9.17) is 29.2 Å². The van der Waals surface area contributed by atoms with E-state index in [1.807, 2.05) is 68.3 Å². The van der Waals surface area contributed by atoms with Crippen LogP contribution in [0.25, 0.3) is 10.9 Å². The Hall–Kier alpha value is -1.42. The van der Waals surface area contributed by atoms with Crippen LogP contribution < -0.4 is 4.74 Å². The summed E-state index contributed by atoms with van der Waals surface area (Å²) in [5.74, 6) is 1.18. The van der Waals surface area contributed by atoms with Crippen molar-refractivity contribution in [3.8, 4) is 5.88 Å². The molecule has 0 spiro atoms. The van der Waals surface area contributed by atoms with E-state index in [2.05, 4.69) is 4.98 Å². The van der Waals surface area contributed by atoms with Gasteiger partial charge in [0, 0.05) is 51.0 Å². The smallest absolute Gasteiger partial charge is 0.224 e. The van der Waals surface area contributed by atoms with Gasteiger partial charge in [-0.2, -0.15) is 0 Å². The first-order chi connectivity index (χ1) is 13.7. The molecule has 0 aliphatic carbocycles. The maximum absolute atomic E-state index is 13.5. The number of carbonyl (C=O) groups excluding carboxylic acids is 1. The van der Waals surface area contributed by atoms with Crippen molar-refractivity contribution in [1.82, 2.24) is 14.8 Å². The predicted octanol–water partition coefficient (Wildman–Crippen LogP) is 4.20. The molecule has 29 heavy (non-hydrogen) atoms. The normalized spacial score (nSPS) is 10.8. The van der Waals surface area contributed by atoms with Crippen LogP contribution in [0.2, 0.25) is 0 Å². The summed E-state index contributed by atoms with van der Waals surface area (Å²) in [5, 5.41) is 0.906. The number of benzene rings is 1. The molecule has 0 bridgehead atoms. The Morgan fingerprint density at radius 1 is 1.07 bits per heavy atom. The molecule has 1 aromatic heterocycles. The number of ketones is 1. The molecular formula is C20H25N3O2S4. The van der Waals surface area contributed by atoms with Crippen LogP contribution in [0.1, 0.15) is 10.4 Å². The summed E-state index contributed by atoms with van der Waals surface area (Å²) in [7, 11) is 9.14. The third kappa shape index (κ3) is 6.53. The van der Waals surface area contributed by atoms with E-state index in [1.165, 1.54) is 30.6 Å². The largest absolute Gasteiger partial charge is 0.480 e. The van der Waals surface area contributed by atoms with Crippen LogP contribution in [-0.4, -0.2) is 76.0 Å². The summed E-state index contributed by atoms with van der Waals surface area (Å²) >= 11 is 13.8. The van der Waals surface area contributed by atoms with Crippen LogP contribution in [0.15, 0.2) is 30.3 Å². The Labute approximate surface area is 191 Å². The number of Topliss-reactive ketones (excluding diaryl/α,β-unsaturated/α-hetero) is 1. The third-order valence-corrected chi connectivity index (χ3v) is 7.86. The molecule has 0 atom stereocenters. The molecule has 0 aliphatic heterocycles. The monoisotopic (exact) mass is 467 g/mol. The molecule has 0 aliphatic rings. The SMILES string of the molecule is COc1nc2ccccc2cc1C(=O)C(CSC(=S)N(C)C)CSC(=S)N(C)C. The van der Waals surface area contributed by atoms with Crippen LogP contribution in [0, 0.1) is 5.92 Å². The number of thioether (sulfide) groups is 2. The van der Waals surface area contributed by atoms with Crippen molar-refractivity contribution in [3.05, 3.63) is 35.9 Å². The maximum atomic E-state index is 13.5. The van der Waals surface area contributed by atoms with Gasteiger partial charge in [0.05, 0.1) is 18.2 Å². The number of methoxy groups -OCH3 is 1. The van der Waals surface area contributed by atoms with E-state index in [9.17, 15) is 4.79 Å². The van der Waals surface area contributed by atoms with Gasteiger partial charge >= 0.3 is 0 Å². The Balaban J connectivity index is 2.32. The van der Waals surface area contributed by atoms with Crippen molar-refractivity contribution in [2.75, 3.05) is 46.8 Å². The van der Waals surface area contributed by atoms with E-state index in [1.54, 1.807) is 0 Å². The van der Waals surface area contributed by atoms with Crippen LogP contribution >= 0.6 is 48.0 Å². The zero-order valence-corrected chi connectivity index (χ0v) is 20.4. The van der Waals surface area contributed by atoms with Crippen molar-refractivity contribution in [2.24, 2.45) is 5.92 Å². The molecule has 0 saturated carbocycles. The van der Waals surface area contributed by atoms with E-state index < -0.39 is 0 Å². The average molecular weight is 468 g/mol. The molecule has 0 unspecified atom stereocenters. The first-order valence-corrected chi connectivity index (χ1v) is 11.7. The molecular weight excluding hydrogens is 443 g/mol. The number of thiocarbonyl (C=S) groups is 2. The highest BCUT2D eigenvalue weighted by Gasteiger charge is 2.26. The fourth-order valence-electron chi connectivity index (χ4n) is 2.45. The standard InChI is InChI=1S/C20H25N3O2S4/c1-22(2)19(26)28-11-14(12-29-20(27)23(3)4)17(24)15-10-13-8-6-7-9-16(13)21-18(15)25-5/h6-10,14H,11-12H2,1-5H3. The van der Waals surface area contributed by atoms with Crippen molar-refractivity contribution in [1.29, 1.82) is 0 Å². The lowest BCUT2D eigenvalue weighted by Crippen LogP contribution is -2.26. The number of nitrogens with zero attached hydrogens (tertiary/aromatic N) is 3. The zero-order chi connectivity index (χ0) is 21.6. The number of pyridine rings is 1. The van der Waals surface area contributed by atoms with E-state index in [-0.39, 0.29) is 11.7 Å². The van der Waals surface area contributed by atoms with E-state index >= 15 is 0 Å². The van der Waals surface area contributed by atoms with E-state index in [0.717, 1.165) is 19.5 Å². The number of aromatic nitrogens is 1. The average Bonchev–Trinajstić information content (AvgIpc) is 2.71. The second-order valence-electron chi connectivity index (χ2n) is 6.74. The van der Waals surface area contributed by atoms with Crippen LogP contribution in [-0.2, 0) is 0 Å². The number of hydrogen-bond acceptors (Lipinski definition) is 7. The molecule has 0 amide bonds. The van der Waals surface area contributed by atoms with Gasteiger partial charge in [0.25, 0.3) is 0 Å². The minimum absolute atomic E-state index is 0.0109. The summed E-state index contributed by atoms with van der Waals surface area (Å²) in [5.41, 5.74) is 1.28. The second-order valence-corrected chi connectivity index (χ2v) is 10.0. The van der Waals surface area contributed by atoms with Crippen LogP contribution in [0.4, 0.5) is 0 Å². The molecule has 0 fully saturated rings. The highest BCUT2D eigenvalue weighted by molar-refractivity contribution is 8.23. The summed E-state index contributed by atoms with van der Waals surface area (Å²) in [4.78, 5) is 21.7. The second kappa shape index (κ2) is 11.1. The number of rotatable bonds is 7. The molecule has 9 heteroatoms. The fraction of sp³-hybridized carbons (Fsp3) is 0.400. The minimum Gasteiger partial charge on any atom is -0.480 e. The number of carbonyl (C=O) groups is 1. The van der Waals surface area contributed by atoms with Crippen LogP contribution in [0.3, 0.4) is 0 Å². The number of fused-ring (bicyclic) bond motifs is 1. The third-order valence-electron chi connectivity index (χ3n) is 4.06. The first kappa shape index (κ1) is 23.9. The Bertz CT molecular complexity index is 878. The first-order valence-electron chi connectivity index (χ1n) is 8.90.